The molecule has 2 aliphatic rings. The Labute approximate surface area is 217 Å². The first-order chi connectivity index (χ1) is 18.0. The molecular formula is C23H34N2O13. The number of aromatic hydroxyl groups is 1. The average Bonchev–Trinajstić information content (AvgIpc) is 2.89. The molecule has 2 aliphatic heterocycles. The second-order valence-corrected chi connectivity index (χ2v) is 9.05. The zero-order chi connectivity index (χ0) is 28.1. The van der Waals surface area contributed by atoms with E-state index in [0.717, 1.165) is 6.07 Å². The second kappa shape index (κ2) is 13.0. The molecule has 0 radical (unpaired) electrons. The van der Waals surface area contributed by atoms with E-state index in [4.69, 9.17) is 29.4 Å². The predicted molar refractivity (Wildman–Crippen MR) is 125 cm³/mol. The standard InChI is InChI=1S/C23H34N2O13/c1-9-15(25-2)12(16(28)14(6-26)37-9)7-34-23-19(31)17(29)18(30)20(38-23)22(33)36-8-35-21(32)11-5-10(24)3-4-13(11)27/h3-5,9,12,14-20,23,25-31H,6-8,24H2,1-2H3/t9-,12-,14?,15?,16-,17+,18-,19?,20?,23+/m0/s1. The van der Waals surface area contributed by atoms with Gasteiger partial charge in [0.2, 0.25) is 6.79 Å². The van der Waals surface area contributed by atoms with Crippen LogP contribution in [0.15, 0.2) is 18.2 Å². The van der Waals surface area contributed by atoms with Gasteiger partial charge in [0.25, 0.3) is 0 Å². The molecule has 9 N–H and O–H groups in total. The number of hydrogen-bond acceptors (Lipinski definition) is 15. The number of carbonyl (C=O) groups excluding carboxylic acids is 2. The zero-order valence-corrected chi connectivity index (χ0v) is 20.7. The smallest absolute Gasteiger partial charge is 0.344 e. The Balaban J connectivity index is 1.60. The topological polar surface area (TPSA) is 240 Å². The molecule has 10 atom stereocenters. The molecular weight excluding hydrogens is 512 g/mol. The van der Waals surface area contributed by atoms with Gasteiger partial charge in [-0.15, -0.1) is 0 Å². The molecule has 2 fully saturated rings. The average molecular weight is 547 g/mol. The van der Waals surface area contributed by atoms with Crippen molar-refractivity contribution in [1.82, 2.24) is 5.32 Å². The van der Waals surface area contributed by atoms with Gasteiger partial charge < -0.3 is 65.4 Å². The molecule has 0 saturated carbocycles. The van der Waals surface area contributed by atoms with Crippen molar-refractivity contribution in [1.29, 1.82) is 0 Å². The summed E-state index contributed by atoms with van der Waals surface area (Å²) in [6, 6.07) is 3.28. The fourth-order valence-electron chi connectivity index (χ4n) is 4.48. The third-order valence-corrected chi connectivity index (χ3v) is 6.58. The minimum Gasteiger partial charge on any atom is -0.507 e. The third kappa shape index (κ3) is 6.51. The Morgan fingerprint density at radius 3 is 2.42 bits per heavy atom. The highest BCUT2D eigenvalue weighted by atomic mass is 16.7. The van der Waals surface area contributed by atoms with Gasteiger partial charge in [0, 0.05) is 17.6 Å². The lowest BCUT2D eigenvalue weighted by Crippen LogP contribution is -2.62. The van der Waals surface area contributed by atoms with Crippen molar-refractivity contribution < 1.29 is 63.9 Å². The summed E-state index contributed by atoms with van der Waals surface area (Å²) in [4.78, 5) is 24.6. The summed E-state index contributed by atoms with van der Waals surface area (Å²) < 4.78 is 26.1. The monoisotopic (exact) mass is 546 g/mol. The first-order valence-electron chi connectivity index (χ1n) is 11.8. The highest BCUT2D eigenvalue weighted by Crippen LogP contribution is 2.29. The number of phenols is 1. The number of esters is 2. The summed E-state index contributed by atoms with van der Waals surface area (Å²) in [5, 5.41) is 63.7. The summed E-state index contributed by atoms with van der Waals surface area (Å²) in [6.45, 7) is 0.120. The largest absolute Gasteiger partial charge is 0.507 e. The van der Waals surface area contributed by atoms with E-state index < -0.39 is 92.1 Å². The fourth-order valence-corrected chi connectivity index (χ4v) is 4.48. The molecule has 1 aromatic rings. The Bertz CT molecular complexity index is 965. The van der Waals surface area contributed by atoms with Crippen molar-refractivity contribution in [3.8, 4) is 5.75 Å². The highest BCUT2D eigenvalue weighted by Gasteiger charge is 2.49. The number of aliphatic hydroxyl groups is 5. The minimum atomic E-state index is -1.91. The van der Waals surface area contributed by atoms with Gasteiger partial charge in [-0.1, -0.05) is 0 Å². The van der Waals surface area contributed by atoms with Crippen LogP contribution in [0.1, 0.15) is 17.3 Å². The molecule has 38 heavy (non-hydrogen) atoms. The predicted octanol–water partition coefficient (Wildman–Crippen LogP) is -3.20. The van der Waals surface area contributed by atoms with Gasteiger partial charge in [0.05, 0.1) is 25.4 Å². The van der Waals surface area contributed by atoms with Crippen LogP contribution in [0, 0.1) is 5.92 Å². The number of hydrogen-bond donors (Lipinski definition) is 8. The van der Waals surface area contributed by atoms with E-state index in [2.05, 4.69) is 5.32 Å². The third-order valence-electron chi connectivity index (χ3n) is 6.58. The molecule has 0 bridgehead atoms. The quantitative estimate of drug-likeness (QED) is 0.0658. The van der Waals surface area contributed by atoms with E-state index >= 15 is 0 Å². The number of ether oxygens (including phenoxy) is 5. The van der Waals surface area contributed by atoms with E-state index in [0.29, 0.717) is 0 Å². The second-order valence-electron chi connectivity index (χ2n) is 9.05. The van der Waals surface area contributed by atoms with Crippen molar-refractivity contribution in [3.05, 3.63) is 23.8 Å². The number of carbonyl (C=O) groups is 2. The first-order valence-corrected chi connectivity index (χ1v) is 11.8. The van der Waals surface area contributed by atoms with Crippen LogP contribution in [0.25, 0.3) is 0 Å². The van der Waals surface area contributed by atoms with Crippen LogP contribution in [-0.2, 0) is 28.5 Å². The molecule has 0 amide bonds. The molecule has 4 unspecified atom stereocenters. The van der Waals surface area contributed by atoms with Crippen molar-refractivity contribution in [2.75, 3.05) is 32.8 Å². The van der Waals surface area contributed by atoms with E-state index in [1.165, 1.54) is 12.1 Å². The number of nitrogen functional groups attached to an aromatic ring is 1. The van der Waals surface area contributed by atoms with Gasteiger partial charge in [0.1, 0.15) is 35.7 Å². The van der Waals surface area contributed by atoms with E-state index in [-0.39, 0.29) is 17.9 Å². The number of nitrogens with two attached hydrogens (primary N) is 1. The maximum Gasteiger partial charge on any atom is 0.344 e. The molecule has 0 aromatic heterocycles. The Hall–Kier alpha value is -2.60. The number of likely N-dealkylation sites (N-methyl/N-ethyl adjacent to an activating group) is 1. The maximum atomic E-state index is 12.5. The number of benzene rings is 1. The van der Waals surface area contributed by atoms with E-state index in [1.807, 2.05) is 0 Å². The Morgan fingerprint density at radius 2 is 1.76 bits per heavy atom. The summed E-state index contributed by atoms with van der Waals surface area (Å²) in [5.74, 6) is -3.34. The van der Waals surface area contributed by atoms with Crippen LogP contribution in [0.4, 0.5) is 5.69 Å². The van der Waals surface area contributed by atoms with Crippen LogP contribution >= 0.6 is 0 Å². The van der Waals surface area contributed by atoms with Gasteiger partial charge in [-0.25, -0.2) is 9.59 Å². The molecule has 0 spiro atoms. The van der Waals surface area contributed by atoms with Gasteiger partial charge in [-0.05, 0) is 32.2 Å². The van der Waals surface area contributed by atoms with Crippen LogP contribution in [0.3, 0.4) is 0 Å². The van der Waals surface area contributed by atoms with Crippen molar-refractivity contribution >= 4 is 17.6 Å². The van der Waals surface area contributed by atoms with Crippen LogP contribution in [0.5, 0.6) is 5.75 Å². The zero-order valence-electron chi connectivity index (χ0n) is 20.7. The van der Waals surface area contributed by atoms with Gasteiger partial charge >= 0.3 is 11.9 Å². The lowest BCUT2D eigenvalue weighted by atomic mass is 9.85. The number of anilines is 1. The molecule has 15 heteroatoms. The summed E-state index contributed by atoms with van der Waals surface area (Å²) >= 11 is 0. The van der Waals surface area contributed by atoms with Crippen molar-refractivity contribution in [2.24, 2.45) is 5.92 Å². The van der Waals surface area contributed by atoms with Gasteiger partial charge in [0.15, 0.2) is 12.4 Å². The highest BCUT2D eigenvalue weighted by molar-refractivity contribution is 5.93. The molecule has 2 saturated heterocycles. The minimum absolute atomic E-state index is 0.180. The van der Waals surface area contributed by atoms with Crippen LogP contribution < -0.4 is 11.1 Å². The molecule has 15 nitrogen and oxygen atoms in total. The van der Waals surface area contributed by atoms with Crippen molar-refractivity contribution in [3.63, 3.8) is 0 Å². The summed E-state index contributed by atoms with van der Waals surface area (Å²) in [7, 11) is 1.64. The van der Waals surface area contributed by atoms with Crippen LogP contribution in [0.2, 0.25) is 0 Å². The first kappa shape index (κ1) is 29.9. The Morgan fingerprint density at radius 1 is 1.05 bits per heavy atom. The number of rotatable bonds is 9. The van der Waals surface area contributed by atoms with Crippen LogP contribution in [-0.4, -0.2) is 125 Å². The van der Waals surface area contributed by atoms with Gasteiger partial charge in [-0.3, -0.25) is 0 Å². The lowest BCUT2D eigenvalue weighted by Gasteiger charge is -2.45. The normalized spacial score (nSPS) is 35.4. The van der Waals surface area contributed by atoms with Crippen molar-refractivity contribution in [2.45, 2.75) is 62.0 Å². The summed E-state index contributed by atoms with van der Waals surface area (Å²) in [5.41, 5.74) is 5.48. The maximum absolute atomic E-state index is 12.5. The van der Waals surface area contributed by atoms with E-state index in [1.54, 1.807) is 14.0 Å². The molecule has 0 aliphatic carbocycles. The SMILES string of the molecule is CNC1[C@H](C)OC(CO)[C@@H](O)[C@H]1CO[C@@H]1OC(C(=O)OCOC(=O)c2cc(N)ccc2O)[C@@H](O)[C@@H](O)C1O. The summed E-state index contributed by atoms with van der Waals surface area (Å²) in [6.07, 6.45) is -11.5. The van der Waals surface area contributed by atoms with Gasteiger partial charge in [-0.2, -0.15) is 0 Å². The molecule has 3 rings (SSSR count). The molecule has 2 heterocycles. The van der Waals surface area contributed by atoms with E-state index in [9.17, 15) is 40.2 Å². The lowest BCUT2D eigenvalue weighted by molar-refractivity contribution is -0.302. The molecule has 1 aromatic carbocycles. The fraction of sp³-hybridized carbons (Fsp3) is 0.652. The number of aliphatic hydroxyl groups excluding tert-OH is 5. The Kier molecular flexibility index (Phi) is 10.2. The number of phenolic OH excluding ortho intramolecular Hbond substituents is 1. The number of nitrogens with one attached hydrogen (secondary N) is 1. The molecule has 214 valence electrons.